The molecule has 0 spiro atoms. The highest BCUT2D eigenvalue weighted by Gasteiger charge is 2.27. The highest BCUT2D eigenvalue weighted by Crippen LogP contribution is 2.22. The first-order valence-corrected chi connectivity index (χ1v) is 14.2. The lowest BCUT2D eigenvalue weighted by atomic mass is 10.1. The van der Waals surface area contributed by atoms with Gasteiger partial charge in [0.05, 0.1) is 11.9 Å². The van der Waals surface area contributed by atoms with Gasteiger partial charge < -0.3 is 10.2 Å². The number of carbonyl (C=O) groups excluding carboxylic acids is 2. The average Bonchev–Trinajstić information content (AvgIpc) is 2.81. The van der Waals surface area contributed by atoms with E-state index in [1.165, 1.54) is 9.21 Å². The van der Waals surface area contributed by atoms with Crippen molar-refractivity contribution in [2.24, 2.45) is 0 Å². The van der Waals surface area contributed by atoms with Crippen molar-refractivity contribution >= 4 is 50.7 Å². The van der Waals surface area contributed by atoms with Crippen molar-refractivity contribution in [2.45, 2.75) is 52.1 Å². The number of nitrogens with zero attached hydrogens (tertiary/aromatic N) is 2. The molecular formula is C25H33Cl2N3O4S. The fourth-order valence-electron chi connectivity index (χ4n) is 3.54. The molecule has 2 rings (SSSR count). The van der Waals surface area contributed by atoms with E-state index in [4.69, 9.17) is 23.2 Å². The van der Waals surface area contributed by atoms with Crippen molar-refractivity contribution < 1.29 is 18.0 Å². The Kier molecular flexibility index (Phi) is 11.3. The summed E-state index contributed by atoms with van der Waals surface area (Å²) in [5.74, 6) is -0.495. The second-order valence-electron chi connectivity index (χ2n) is 8.35. The van der Waals surface area contributed by atoms with Crippen LogP contribution in [0.4, 0.5) is 5.69 Å². The predicted octanol–water partition coefficient (Wildman–Crippen LogP) is 4.87. The number of unbranched alkanes of at least 4 members (excludes halogenated alkanes) is 1. The molecule has 0 fully saturated rings. The molecule has 0 saturated heterocycles. The molecule has 0 radical (unpaired) electrons. The van der Waals surface area contributed by atoms with Crippen molar-refractivity contribution in [1.82, 2.24) is 10.2 Å². The monoisotopic (exact) mass is 541 g/mol. The van der Waals surface area contributed by atoms with Gasteiger partial charge in [-0.1, -0.05) is 54.7 Å². The Labute approximate surface area is 218 Å². The number of rotatable bonds is 13. The third-order valence-corrected chi connectivity index (χ3v) is 7.38. The number of nitrogens with one attached hydrogen (secondary N) is 1. The number of hydrogen-bond acceptors (Lipinski definition) is 4. The fraction of sp³-hybridized carbons (Fsp3) is 0.440. The maximum Gasteiger partial charge on any atom is 0.242 e. The van der Waals surface area contributed by atoms with Crippen LogP contribution in [-0.4, -0.2) is 50.5 Å². The summed E-state index contributed by atoms with van der Waals surface area (Å²) in [6, 6.07) is 12.9. The van der Waals surface area contributed by atoms with Crippen molar-refractivity contribution in [3.05, 3.63) is 64.1 Å². The first-order chi connectivity index (χ1) is 16.5. The molecule has 192 valence electrons. The lowest BCUT2D eigenvalue weighted by Crippen LogP contribution is -2.48. The van der Waals surface area contributed by atoms with E-state index >= 15 is 0 Å². The molecule has 2 amide bonds. The van der Waals surface area contributed by atoms with E-state index in [1.54, 1.807) is 43.3 Å². The van der Waals surface area contributed by atoms with E-state index in [0.29, 0.717) is 22.3 Å². The molecule has 35 heavy (non-hydrogen) atoms. The first-order valence-electron chi connectivity index (χ1n) is 11.6. The van der Waals surface area contributed by atoms with Crippen molar-refractivity contribution in [3.8, 4) is 0 Å². The van der Waals surface area contributed by atoms with Gasteiger partial charge in [0.25, 0.3) is 0 Å². The molecule has 0 unspecified atom stereocenters. The van der Waals surface area contributed by atoms with Crippen molar-refractivity contribution in [3.63, 3.8) is 0 Å². The number of hydrogen-bond donors (Lipinski definition) is 1. The van der Waals surface area contributed by atoms with E-state index in [1.807, 2.05) is 19.1 Å². The number of carbonyl (C=O) groups is 2. The van der Waals surface area contributed by atoms with E-state index < -0.39 is 16.1 Å². The lowest BCUT2D eigenvalue weighted by Gasteiger charge is -2.29. The summed E-state index contributed by atoms with van der Waals surface area (Å²) in [6.07, 6.45) is 3.26. The van der Waals surface area contributed by atoms with Gasteiger partial charge in [-0.05, 0) is 55.7 Å². The topological polar surface area (TPSA) is 86.8 Å². The predicted molar refractivity (Wildman–Crippen MR) is 142 cm³/mol. The average molecular weight is 543 g/mol. The van der Waals surface area contributed by atoms with E-state index in [9.17, 15) is 18.0 Å². The highest BCUT2D eigenvalue weighted by molar-refractivity contribution is 7.92. The Morgan fingerprint density at radius 1 is 1.03 bits per heavy atom. The van der Waals surface area contributed by atoms with E-state index in [0.717, 1.165) is 24.7 Å². The fourth-order valence-corrected chi connectivity index (χ4v) is 4.83. The van der Waals surface area contributed by atoms with Gasteiger partial charge in [0.2, 0.25) is 21.8 Å². The first kappa shape index (κ1) is 28.9. The number of amides is 2. The molecule has 7 nitrogen and oxygen atoms in total. The van der Waals surface area contributed by atoms with Gasteiger partial charge in [0.1, 0.15) is 6.04 Å². The van der Waals surface area contributed by atoms with Gasteiger partial charge in [0, 0.05) is 36.1 Å². The summed E-state index contributed by atoms with van der Waals surface area (Å²) in [7, 11) is -3.56. The number of benzene rings is 2. The van der Waals surface area contributed by atoms with Crippen LogP contribution >= 0.6 is 23.2 Å². The molecule has 0 aliphatic rings. The molecule has 0 bridgehead atoms. The van der Waals surface area contributed by atoms with Crippen LogP contribution in [0.15, 0.2) is 48.5 Å². The molecule has 0 heterocycles. The van der Waals surface area contributed by atoms with Crippen LogP contribution in [0.3, 0.4) is 0 Å². The zero-order valence-corrected chi connectivity index (χ0v) is 22.7. The van der Waals surface area contributed by atoms with Gasteiger partial charge in [-0.25, -0.2) is 8.42 Å². The summed E-state index contributed by atoms with van der Waals surface area (Å²) in [4.78, 5) is 27.5. The molecule has 10 heteroatoms. The molecule has 1 N–H and O–H groups in total. The normalized spacial score (nSPS) is 12.1. The zero-order chi connectivity index (χ0) is 26.0. The summed E-state index contributed by atoms with van der Waals surface area (Å²) in [6.45, 7) is 4.55. The maximum absolute atomic E-state index is 13.3. The van der Waals surface area contributed by atoms with Crippen molar-refractivity contribution in [1.29, 1.82) is 0 Å². The van der Waals surface area contributed by atoms with Crippen LogP contribution in [0.1, 0.15) is 45.1 Å². The molecule has 0 aromatic heterocycles. The second-order valence-corrected chi connectivity index (χ2v) is 11.1. The van der Waals surface area contributed by atoms with Crippen LogP contribution in [0.2, 0.25) is 10.0 Å². The van der Waals surface area contributed by atoms with E-state index in [2.05, 4.69) is 5.32 Å². The highest BCUT2D eigenvalue weighted by atomic mass is 35.5. The lowest BCUT2D eigenvalue weighted by molar-refractivity contribution is -0.140. The van der Waals surface area contributed by atoms with Gasteiger partial charge in [-0.15, -0.1) is 0 Å². The molecular weight excluding hydrogens is 509 g/mol. The van der Waals surface area contributed by atoms with Crippen LogP contribution < -0.4 is 9.62 Å². The van der Waals surface area contributed by atoms with Crippen LogP contribution in [0, 0.1) is 0 Å². The SMILES string of the molecule is CCCCNC(=O)[C@@H](C)N(Cc1ccccc1Cl)C(=O)CCCN(c1ccc(Cl)cc1)S(C)(=O)=O. The van der Waals surface area contributed by atoms with Gasteiger partial charge in [0.15, 0.2) is 0 Å². The number of halogens is 2. The van der Waals surface area contributed by atoms with Crippen molar-refractivity contribution in [2.75, 3.05) is 23.7 Å². The second kappa shape index (κ2) is 13.7. The Morgan fingerprint density at radius 3 is 2.29 bits per heavy atom. The Morgan fingerprint density at radius 2 is 1.69 bits per heavy atom. The summed E-state index contributed by atoms with van der Waals surface area (Å²) in [5.41, 5.74) is 1.20. The molecule has 0 aliphatic heterocycles. The molecule has 1 atom stereocenters. The molecule has 0 aliphatic carbocycles. The van der Waals surface area contributed by atoms with Gasteiger partial charge in [-0.3, -0.25) is 13.9 Å². The minimum absolute atomic E-state index is 0.0661. The molecule has 2 aromatic carbocycles. The van der Waals surface area contributed by atoms with Gasteiger partial charge in [-0.2, -0.15) is 0 Å². The largest absolute Gasteiger partial charge is 0.354 e. The third-order valence-electron chi connectivity index (χ3n) is 5.56. The van der Waals surface area contributed by atoms with Crippen LogP contribution in [0.25, 0.3) is 0 Å². The van der Waals surface area contributed by atoms with E-state index in [-0.39, 0.29) is 37.7 Å². The smallest absolute Gasteiger partial charge is 0.242 e. The minimum Gasteiger partial charge on any atom is -0.354 e. The molecule has 0 saturated carbocycles. The summed E-state index contributed by atoms with van der Waals surface area (Å²) < 4.78 is 26.0. The third kappa shape index (κ3) is 9.02. The zero-order valence-electron chi connectivity index (χ0n) is 20.3. The maximum atomic E-state index is 13.3. The van der Waals surface area contributed by atoms with Crippen LogP contribution in [0.5, 0.6) is 0 Å². The standard InChI is InChI=1S/C25H33Cl2N3O4S/c1-4-5-16-28-25(32)19(2)29(18-20-9-6-7-10-23(20)27)24(31)11-8-17-30(35(3,33)34)22-14-12-21(26)13-15-22/h6-7,9-10,12-15,19H,4-5,8,11,16-18H2,1-3H3,(H,28,32)/t19-/m1/s1. The summed E-state index contributed by atoms with van der Waals surface area (Å²) >= 11 is 12.2. The Bertz CT molecular complexity index is 1090. The Hall–Kier alpha value is -2.29. The molecule has 2 aromatic rings. The quantitative estimate of drug-likeness (QED) is 0.366. The summed E-state index contributed by atoms with van der Waals surface area (Å²) in [5, 5.41) is 3.88. The van der Waals surface area contributed by atoms with Gasteiger partial charge >= 0.3 is 0 Å². The minimum atomic E-state index is -3.56. The number of anilines is 1. The number of sulfonamides is 1. The Balaban J connectivity index is 2.14. The van der Waals surface area contributed by atoms with Crippen LogP contribution in [-0.2, 0) is 26.2 Å².